The fourth-order valence-electron chi connectivity index (χ4n) is 0.810. The number of hydrogen-bond acceptors (Lipinski definition) is 4. The van der Waals surface area contributed by atoms with Gasteiger partial charge in [-0.3, -0.25) is 0 Å². The average molecular weight is 182 g/mol. The van der Waals surface area contributed by atoms with Gasteiger partial charge in [0.2, 0.25) is 0 Å². The van der Waals surface area contributed by atoms with Crippen molar-refractivity contribution in [3.63, 3.8) is 0 Å². The maximum Gasteiger partial charge on any atom is 0.166 e. The first-order valence-electron chi connectivity index (χ1n) is 4.18. The number of anilines is 1. The molecule has 0 radical (unpaired) electrons. The molecule has 1 aromatic heterocycles. The second-order valence-corrected chi connectivity index (χ2v) is 2.99. The molecule has 0 bridgehead atoms. The molecule has 1 atom stereocenters. The highest BCUT2D eigenvalue weighted by molar-refractivity contribution is 5.44. The summed E-state index contributed by atoms with van der Waals surface area (Å²) in [4.78, 5) is 3.87. The molecule has 0 aliphatic carbocycles. The van der Waals surface area contributed by atoms with Crippen molar-refractivity contribution in [3.05, 3.63) is 18.3 Å². The lowest BCUT2D eigenvalue weighted by Gasteiger charge is -2.10. The Morgan fingerprint density at radius 2 is 2.46 bits per heavy atom. The Kier molecular flexibility index (Phi) is 3.52. The van der Waals surface area contributed by atoms with Crippen molar-refractivity contribution in [2.75, 3.05) is 18.9 Å². The number of aliphatic hydroxyl groups excluding tert-OH is 1. The quantitative estimate of drug-likeness (QED) is 0.718. The summed E-state index contributed by atoms with van der Waals surface area (Å²) in [6.07, 6.45) is 1.61. The van der Waals surface area contributed by atoms with Crippen LogP contribution in [0.3, 0.4) is 0 Å². The van der Waals surface area contributed by atoms with Gasteiger partial charge in [0.05, 0.1) is 6.61 Å². The molecule has 0 spiro atoms. The third-order valence-corrected chi connectivity index (χ3v) is 1.63. The summed E-state index contributed by atoms with van der Waals surface area (Å²) in [5, 5.41) is 8.76. The Morgan fingerprint density at radius 1 is 1.69 bits per heavy atom. The van der Waals surface area contributed by atoms with Gasteiger partial charge in [-0.25, -0.2) is 4.98 Å². The minimum atomic E-state index is 0.111. The highest BCUT2D eigenvalue weighted by Gasteiger charge is 2.03. The van der Waals surface area contributed by atoms with Gasteiger partial charge in [0.15, 0.2) is 11.6 Å². The number of rotatable bonds is 4. The van der Waals surface area contributed by atoms with Gasteiger partial charge in [-0.1, -0.05) is 6.92 Å². The Balaban J connectivity index is 2.50. The first-order valence-corrected chi connectivity index (χ1v) is 4.18. The predicted molar refractivity (Wildman–Crippen MR) is 50.4 cm³/mol. The Labute approximate surface area is 77.4 Å². The van der Waals surface area contributed by atoms with Crippen LogP contribution >= 0.6 is 0 Å². The number of hydrogen-bond donors (Lipinski definition) is 2. The molecule has 1 aromatic rings. The van der Waals surface area contributed by atoms with E-state index in [1.165, 1.54) is 0 Å². The minimum Gasteiger partial charge on any atom is -0.489 e. The van der Waals surface area contributed by atoms with E-state index in [0.717, 1.165) is 0 Å². The number of pyridine rings is 1. The van der Waals surface area contributed by atoms with Gasteiger partial charge in [-0.15, -0.1) is 0 Å². The molecule has 3 N–H and O–H groups in total. The average Bonchev–Trinajstić information content (AvgIpc) is 2.16. The van der Waals surface area contributed by atoms with Crippen molar-refractivity contribution >= 4 is 5.82 Å². The van der Waals surface area contributed by atoms with E-state index in [0.29, 0.717) is 18.2 Å². The lowest BCUT2D eigenvalue weighted by Crippen LogP contribution is -2.13. The van der Waals surface area contributed by atoms with E-state index < -0.39 is 0 Å². The maximum absolute atomic E-state index is 8.76. The number of aliphatic hydroxyl groups is 1. The molecule has 0 aliphatic rings. The number of aromatic nitrogens is 1. The molecule has 0 aromatic carbocycles. The van der Waals surface area contributed by atoms with Gasteiger partial charge in [-0.2, -0.15) is 0 Å². The van der Waals surface area contributed by atoms with E-state index in [2.05, 4.69) is 4.98 Å². The Hall–Kier alpha value is -1.29. The largest absolute Gasteiger partial charge is 0.489 e. The number of ether oxygens (including phenoxy) is 1. The summed E-state index contributed by atoms with van der Waals surface area (Å²) in [6.45, 7) is 2.46. The van der Waals surface area contributed by atoms with Gasteiger partial charge in [0.1, 0.15) is 0 Å². The van der Waals surface area contributed by atoms with Crippen molar-refractivity contribution in [1.29, 1.82) is 0 Å². The zero-order chi connectivity index (χ0) is 9.68. The lowest BCUT2D eigenvalue weighted by atomic mass is 10.2. The zero-order valence-electron chi connectivity index (χ0n) is 7.60. The molecule has 72 valence electrons. The third-order valence-electron chi connectivity index (χ3n) is 1.63. The van der Waals surface area contributed by atoms with Gasteiger partial charge in [-0.05, 0) is 12.1 Å². The van der Waals surface area contributed by atoms with Crippen LogP contribution in [0.25, 0.3) is 0 Å². The van der Waals surface area contributed by atoms with E-state index in [-0.39, 0.29) is 12.5 Å². The SMILES string of the molecule is CC(CO)COc1cccnc1N. The van der Waals surface area contributed by atoms with Gasteiger partial charge < -0.3 is 15.6 Å². The van der Waals surface area contributed by atoms with E-state index in [4.69, 9.17) is 15.6 Å². The summed E-state index contributed by atoms with van der Waals surface area (Å²) in [5.41, 5.74) is 5.55. The zero-order valence-corrected chi connectivity index (χ0v) is 7.60. The molecule has 0 saturated heterocycles. The van der Waals surface area contributed by atoms with Crippen LogP contribution in [0.5, 0.6) is 5.75 Å². The van der Waals surface area contributed by atoms with Crippen molar-refractivity contribution in [1.82, 2.24) is 4.98 Å². The number of nitrogen functional groups attached to an aromatic ring is 1. The normalized spacial score (nSPS) is 12.5. The van der Waals surface area contributed by atoms with E-state index in [9.17, 15) is 0 Å². The molecule has 1 rings (SSSR count). The topological polar surface area (TPSA) is 68.4 Å². The molecule has 1 heterocycles. The van der Waals surface area contributed by atoms with E-state index in [1.807, 2.05) is 6.92 Å². The third kappa shape index (κ3) is 2.91. The van der Waals surface area contributed by atoms with E-state index in [1.54, 1.807) is 18.3 Å². The van der Waals surface area contributed by atoms with Crippen LogP contribution < -0.4 is 10.5 Å². The fourth-order valence-corrected chi connectivity index (χ4v) is 0.810. The van der Waals surface area contributed by atoms with Crippen LogP contribution in [0.15, 0.2) is 18.3 Å². The molecule has 1 unspecified atom stereocenters. The number of nitrogens with two attached hydrogens (primary N) is 1. The summed E-state index contributed by atoms with van der Waals surface area (Å²) in [5.74, 6) is 1.06. The molecule has 0 amide bonds. The summed E-state index contributed by atoms with van der Waals surface area (Å²) >= 11 is 0. The van der Waals surface area contributed by atoms with E-state index >= 15 is 0 Å². The first-order chi connectivity index (χ1) is 6.24. The molecular formula is C9H14N2O2. The Morgan fingerprint density at radius 3 is 3.08 bits per heavy atom. The standard InChI is InChI=1S/C9H14N2O2/c1-7(5-12)6-13-8-3-2-4-11-9(8)10/h2-4,7,12H,5-6H2,1H3,(H2,10,11). The highest BCUT2D eigenvalue weighted by atomic mass is 16.5. The first kappa shape index (κ1) is 9.80. The lowest BCUT2D eigenvalue weighted by molar-refractivity contribution is 0.174. The molecule has 13 heavy (non-hydrogen) atoms. The minimum absolute atomic E-state index is 0.111. The van der Waals surface area contributed by atoms with Crippen LogP contribution in [-0.2, 0) is 0 Å². The van der Waals surface area contributed by atoms with Crippen molar-refractivity contribution in [2.45, 2.75) is 6.92 Å². The molecule has 0 aliphatic heterocycles. The smallest absolute Gasteiger partial charge is 0.166 e. The molecular weight excluding hydrogens is 168 g/mol. The van der Waals surface area contributed by atoms with Gasteiger partial charge in [0, 0.05) is 18.7 Å². The van der Waals surface area contributed by atoms with Crippen molar-refractivity contribution < 1.29 is 9.84 Å². The summed E-state index contributed by atoms with van der Waals surface area (Å²) in [7, 11) is 0. The fraction of sp³-hybridized carbons (Fsp3) is 0.444. The molecule has 4 nitrogen and oxygen atoms in total. The molecule has 0 saturated carbocycles. The van der Waals surface area contributed by atoms with Crippen LogP contribution in [0.4, 0.5) is 5.82 Å². The van der Waals surface area contributed by atoms with Crippen LogP contribution in [0, 0.1) is 5.92 Å². The highest BCUT2D eigenvalue weighted by Crippen LogP contribution is 2.17. The Bertz CT molecular complexity index is 266. The predicted octanol–water partition coefficient (Wildman–Crippen LogP) is 0.671. The summed E-state index contributed by atoms with van der Waals surface area (Å²) < 4.78 is 5.34. The molecule has 4 heteroatoms. The van der Waals surface area contributed by atoms with Gasteiger partial charge >= 0.3 is 0 Å². The second-order valence-electron chi connectivity index (χ2n) is 2.99. The van der Waals surface area contributed by atoms with Crippen LogP contribution in [0.1, 0.15) is 6.92 Å². The van der Waals surface area contributed by atoms with Crippen LogP contribution in [-0.4, -0.2) is 23.3 Å². The number of nitrogens with zero attached hydrogens (tertiary/aromatic N) is 1. The summed E-state index contributed by atoms with van der Waals surface area (Å²) in [6, 6.07) is 3.52. The maximum atomic E-state index is 8.76. The van der Waals surface area contributed by atoms with Crippen LogP contribution in [0.2, 0.25) is 0 Å². The monoisotopic (exact) mass is 182 g/mol. The van der Waals surface area contributed by atoms with Gasteiger partial charge in [0.25, 0.3) is 0 Å². The second kappa shape index (κ2) is 4.67. The van der Waals surface area contributed by atoms with Crippen molar-refractivity contribution in [3.8, 4) is 5.75 Å². The van der Waals surface area contributed by atoms with Crippen molar-refractivity contribution in [2.24, 2.45) is 5.92 Å². The molecule has 0 fully saturated rings.